The number of rotatable bonds is 4. The largest absolute Gasteiger partial charge is 2.00 e. The van der Waals surface area contributed by atoms with Gasteiger partial charge in [-0.05, 0) is 37.1 Å². The van der Waals surface area contributed by atoms with E-state index in [4.69, 9.17) is 0 Å². The van der Waals surface area contributed by atoms with Crippen molar-refractivity contribution in [1.82, 2.24) is 0 Å². The molecule has 0 atom stereocenters. The van der Waals surface area contributed by atoms with Crippen LogP contribution in [0.2, 0.25) is 0 Å². The maximum absolute atomic E-state index is 11.2. The summed E-state index contributed by atoms with van der Waals surface area (Å²) in [6.45, 7) is 2.72. The summed E-state index contributed by atoms with van der Waals surface area (Å²) in [7, 11) is 0. The summed E-state index contributed by atoms with van der Waals surface area (Å²) < 4.78 is 0. The van der Waals surface area contributed by atoms with Crippen LogP contribution in [-0.4, -0.2) is 11.6 Å². The summed E-state index contributed by atoms with van der Waals surface area (Å²) in [5, 5.41) is 22.4. The zero-order valence-corrected chi connectivity index (χ0v) is 14.9. The maximum atomic E-state index is 11.2. The van der Waals surface area contributed by atoms with Gasteiger partial charge in [0.25, 0.3) is 0 Å². The van der Waals surface area contributed by atoms with E-state index in [1.165, 1.54) is 13.8 Å². The fourth-order valence-electron chi connectivity index (χ4n) is 1.74. The summed E-state index contributed by atoms with van der Waals surface area (Å²) in [6, 6.07) is 17.4. The maximum Gasteiger partial charge on any atom is 2.00 e. The van der Waals surface area contributed by atoms with E-state index in [2.05, 4.69) is 0 Å². The molecule has 0 aromatic heterocycles. The van der Waals surface area contributed by atoms with E-state index in [-0.39, 0.29) is 39.6 Å². The van der Waals surface area contributed by atoms with E-state index in [1.54, 1.807) is 48.5 Å². The Balaban J connectivity index is 0.000000443. The van der Waals surface area contributed by atoms with Crippen molar-refractivity contribution < 1.29 is 36.3 Å². The summed E-state index contributed by atoms with van der Waals surface area (Å²) in [4.78, 5) is 21.1. The first-order chi connectivity index (χ1) is 11.4. The van der Waals surface area contributed by atoms with Gasteiger partial charge < -0.3 is 10.2 Å². The molecule has 2 aromatic carbocycles. The second kappa shape index (κ2) is 11.8. The van der Waals surface area contributed by atoms with Gasteiger partial charge in [0.05, 0.1) is 0 Å². The minimum absolute atomic E-state index is 0. The topological polar surface area (TPSA) is 80.3 Å². The van der Waals surface area contributed by atoms with Crippen molar-refractivity contribution in [2.45, 2.75) is 13.8 Å². The van der Waals surface area contributed by atoms with Crippen LogP contribution in [0.15, 0.2) is 72.8 Å². The number of hydrogen-bond donors (Lipinski definition) is 0. The van der Waals surface area contributed by atoms with Gasteiger partial charge in [-0.1, -0.05) is 72.2 Å². The average Bonchev–Trinajstić information content (AvgIpc) is 2.56. The van der Waals surface area contributed by atoms with Crippen LogP contribution in [0.1, 0.15) is 25.0 Å². The van der Waals surface area contributed by atoms with Crippen LogP contribution in [0.25, 0.3) is 11.5 Å². The molecule has 0 N–H and O–H groups in total. The van der Waals surface area contributed by atoms with E-state index in [9.17, 15) is 19.8 Å². The van der Waals surface area contributed by atoms with Gasteiger partial charge in [-0.2, -0.15) is 0 Å². The summed E-state index contributed by atoms with van der Waals surface area (Å²) in [5.41, 5.74) is 1.10. The van der Waals surface area contributed by atoms with Crippen molar-refractivity contribution in [3.63, 3.8) is 0 Å². The number of hydrogen-bond acceptors (Lipinski definition) is 4. The van der Waals surface area contributed by atoms with Crippen LogP contribution in [0, 0.1) is 0 Å². The summed E-state index contributed by atoms with van der Waals surface area (Å²) in [5.74, 6) is -0.904. The quantitative estimate of drug-likeness (QED) is 0.461. The molecule has 0 fully saturated rings. The van der Waals surface area contributed by atoms with E-state index in [0.717, 1.165) is 12.2 Å². The van der Waals surface area contributed by atoms with Crippen molar-refractivity contribution in [2.24, 2.45) is 0 Å². The molecule has 25 heavy (non-hydrogen) atoms. The van der Waals surface area contributed by atoms with Gasteiger partial charge >= 0.3 is 16.5 Å². The van der Waals surface area contributed by atoms with Crippen molar-refractivity contribution in [3.05, 3.63) is 83.9 Å². The summed E-state index contributed by atoms with van der Waals surface area (Å²) in [6.07, 6.45) is 2.19. The monoisotopic (exact) mass is 380 g/mol. The van der Waals surface area contributed by atoms with Crippen LogP contribution in [-0.2, 0) is 26.1 Å². The first-order valence-electron chi connectivity index (χ1n) is 7.29. The van der Waals surface area contributed by atoms with Crippen molar-refractivity contribution in [1.29, 1.82) is 0 Å². The van der Waals surface area contributed by atoms with Crippen LogP contribution >= 0.6 is 0 Å². The standard InChI is InChI=1S/2C10H10O2.Ni/c2*1-8(11)7-10(12)9-5-3-2-4-6-9;/h2*2-7,12H,1H3;/q;;+2/p-2/b2*10-7-;. The number of benzene rings is 2. The molecule has 2 rings (SSSR count). The molecule has 0 aliphatic carbocycles. The molecule has 0 aliphatic heterocycles. The minimum atomic E-state index is -0.233. The number of allylic oxidation sites excluding steroid dienone is 2. The molecule has 0 unspecified atom stereocenters. The molecule has 5 heteroatoms. The van der Waals surface area contributed by atoms with E-state index >= 15 is 0 Å². The zero-order chi connectivity index (χ0) is 17.9. The van der Waals surface area contributed by atoms with E-state index in [0.29, 0.717) is 11.1 Å². The first kappa shape index (κ1) is 22.4. The fourth-order valence-corrected chi connectivity index (χ4v) is 1.74. The predicted octanol–water partition coefficient (Wildman–Crippen LogP) is 1.95. The van der Waals surface area contributed by atoms with Crippen molar-refractivity contribution in [2.75, 3.05) is 0 Å². The molecule has 0 saturated carbocycles. The Morgan fingerprint density at radius 2 is 0.960 bits per heavy atom. The molecule has 4 nitrogen and oxygen atoms in total. The Hall–Kier alpha value is -2.65. The Bertz CT molecular complexity index is 669. The average molecular weight is 381 g/mol. The van der Waals surface area contributed by atoms with E-state index in [1.807, 2.05) is 12.1 Å². The predicted molar refractivity (Wildman–Crippen MR) is 90.2 cm³/mol. The minimum Gasteiger partial charge on any atom is -0.872 e. The molecule has 0 aliphatic rings. The van der Waals surface area contributed by atoms with Crippen LogP contribution < -0.4 is 10.2 Å². The van der Waals surface area contributed by atoms with Gasteiger partial charge in [-0.25, -0.2) is 0 Å². The molecule has 0 heterocycles. The Morgan fingerprint density at radius 1 is 0.680 bits per heavy atom. The normalized spacial score (nSPS) is 10.8. The molecule has 0 spiro atoms. The number of carbonyl (C=O) groups is 2. The fraction of sp³-hybridized carbons (Fsp3) is 0.100. The third kappa shape index (κ3) is 9.28. The third-order valence-electron chi connectivity index (χ3n) is 2.79. The molecule has 132 valence electrons. The molecule has 2 aromatic rings. The van der Waals surface area contributed by atoms with Gasteiger partial charge in [0.1, 0.15) is 0 Å². The van der Waals surface area contributed by atoms with Crippen LogP contribution in [0.3, 0.4) is 0 Å². The van der Waals surface area contributed by atoms with Gasteiger partial charge in [-0.15, -0.1) is 0 Å². The second-order valence-electron chi connectivity index (χ2n) is 4.97. The van der Waals surface area contributed by atoms with Crippen LogP contribution in [0.5, 0.6) is 0 Å². The molecule has 0 bridgehead atoms. The summed E-state index contributed by atoms with van der Waals surface area (Å²) >= 11 is 0. The van der Waals surface area contributed by atoms with Gasteiger partial charge in [0, 0.05) is 0 Å². The molecule has 0 amide bonds. The zero-order valence-electron chi connectivity index (χ0n) is 13.9. The number of ketones is 2. The van der Waals surface area contributed by atoms with Gasteiger partial charge in [0.15, 0.2) is 11.6 Å². The second-order valence-corrected chi connectivity index (χ2v) is 4.97. The first-order valence-corrected chi connectivity index (χ1v) is 7.29. The molecular formula is C20H18NiO4. The van der Waals surface area contributed by atoms with Gasteiger partial charge in [-0.3, -0.25) is 9.59 Å². The Labute approximate surface area is 157 Å². The smallest absolute Gasteiger partial charge is 0.872 e. The Morgan fingerprint density at radius 3 is 1.20 bits per heavy atom. The van der Waals surface area contributed by atoms with Crippen molar-refractivity contribution >= 4 is 23.1 Å². The third-order valence-corrected chi connectivity index (χ3v) is 2.79. The van der Waals surface area contributed by atoms with Gasteiger partial charge in [0.2, 0.25) is 0 Å². The molecule has 0 saturated heterocycles. The Kier molecular flexibility index (Phi) is 10.6. The molecule has 0 radical (unpaired) electrons. The number of carbonyl (C=O) groups excluding carboxylic acids is 2. The van der Waals surface area contributed by atoms with Crippen molar-refractivity contribution in [3.8, 4) is 0 Å². The SMILES string of the molecule is CC(=O)/C=C(\[O-])c1ccccc1.CC(=O)/C=C(\[O-])c1ccccc1.[Ni+2]. The molecular weight excluding hydrogens is 363 g/mol. The van der Waals surface area contributed by atoms with E-state index < -0.39 is 0 Å². The van der Waals surface area contributed by atoms with Crippen LogP contribution in [0.4, 0.5) is 0 Å².